The first-order chi connectivity index (χ1) is 51.7. The van der Waals surface area contributed by atoms with Gasteiger partial charge >= 0.3 is 6.09 Å². The molecular formula is C74H87N15O18S. The first kappa shape index (κ1) is 79.0. The Bertz CT molecular complexity index is 4600. The fraction of sp³-hybridized carbons (Fsp3) is 0.378. The van der Waals surface area contributed by atoms with Gasteiger partial charge in [0.2, 0.25) is 35.4 Å². The van der Waals surface area contributed by atoms with Crippen LogP contribution in [-0.2, 0) is 75.5 Å². The number of imide groups is 1. The Morgan fingerprint density at radius 1 is 0.713 bits per heavy atom. The highest BCUT2D eigenvalue weighted by Crippen LogP contribution is 2.42. The Kier molecular flexibility index (Phi) is 26.1. The molecule has 0 bridgehead atoms. The van der Waals surface area contributed by atoms with Gasteiger partial charge in [0.25, 0.3) is 29.5 Å². The maximum Gasteiger partial charge on any atom is 0.416 e. The molecule has 34 heteroatoms. The average molecular weight is 1510 g/mol. The van der Waals surface area contributed by atoms with Crippen LogP contribution in [0.25, 0.3) is 10.9 Å². The van der Waals surface area contributed by atoms with Gasteiger partial charge in [0.1, 0.15) is 24.4 Å². The molecule has 4 aromatic heterocycles. The quantitative estimate of drug-likeness (QED) is 0.0107. The monoisotopic (exact) mass is 1510 g/mol. The maximum absolute atomic E-state index is 14.3. The largest absolute Gasteiger partial charge is 0.493 e. The van der Waals surface area contributed by atoms with Gasteiger partial charge in [-0.25, -0.2) is 14.7 Å². The van der Waals surface area contributed by atoms with Crippen molar-refractivity contribution in [3.05, 3.63) is 150 Å². The van der Waals surface area contributed by atoms with E-state index in [1.807, 2.05) is 30.7 Å². The van der Waals surface area contributed by atoms with E-state index in [1.165, 1.54) is 47.9 Å². The molecule has 10 rings (SSSR count). The minimum absolute atomic E-state index is 0.00321. The molecule has 11 amide bonds. The predicted molar refractivity (Wildman–Crippen MR) is 397 cm³/mol. The smallest absolute Gasteiger partial charge is 0.416 e. The van der Waals surface area contributed by atoms with Crippen molar-refractivity contribution in [3.8, 4) is 11.5 Å². The van der Waals surface area contributed by atoms with Crippen molar-refractivity contribution in [2.45, 2.75) is 95.0 Å². The predicted octanol–water partition coefficient (Wildman–Crippen LogP) is 5.31. The highest BCUT2D eigenvalue weighted by Gasteiger charge is 2.46. The van der Waals surface area contributed by atoms with E-state index in [9.17, 15) is 63.0 Å². The number of carbonyl (C=O) groups is 11. The molecule has 1 saturated heterocycles. The molecule has 0 aliphatic carbocycles. The summed E-state index contributed by atoms with van der Waals surface area (Å²) in [6.07, 6.45) is 7.28. The van der Waals surface area contributed by atoms with Crippen LogP contribution in [0.15, 0.2) is 127 Å². The number of nitrogens with zero attached hydrogens (tertiary/aromatic N) is 8. The summed E-state index contributed by atoms with van der Waals surface area (Å²) < 4.78 is 35.0. The first-order valence-corrected chi connectivity index (χ1v) is 35.9. The third-order valence-electron chi connectivity index (χ3n) is 18.0. The Labute approximate surface area is 625 Å². The number of benzene rings is 3. The summed E-state index contributed by atoms with van der Waals surface area (Å²) in [6, 6.07) is 17.3. The number of anilines is 5. The summed E-state index contributed by atoms with van der Waals surface area (Å²) in [4.78, 5) is 153. The van der Waals surface area contributed by atoms with Gasteiger partial charge < -0.3 is 94.3 Å². The lowest BCUT2D eigenvalue weighted by atomic mass is 10.0. The Balaban J connectivity index is 0.664. The van der Waals surface area contributed by atoms with E-state index in [0.717, 1.165) is 37.8 Å². The molecule has 0 saturated carbocycles. The van der Waals surface area contributed by atoms with E-state index in [2.05, 4.69) is 54.8 Å². The number of rotatable bonds is 34. The van der Waals surface area contributed by atoms with Crippen molar-refractivity contribution in [1.29, 1.82) is 0 Å². The van der Waals surface area contributed by atoms with Crippen LogP contribution in [0.2, 0.25) is 0 Å². The molecule has 0 spiro atoms. The van der Waals surface area contributed by atoms with E-state index in [0.29, 0.717) is 33.9 Å². The SMILES string of the molecule is C=C1C[C@H]2C(O)N(C(=O)OCc3ccc(NC(=O)[C@H](C)NC(=O)[C@@H](NC(=O)CCOCCOCCNC(=O)CCN4C(=O)C=CC4=O)C(C)C)cc3)c3cc(OCCCC(=O)Nc4cn(C)c(C(=O)Nc5cc(C(=O)Nc6cc(C(O)n7ccc8cc(SC)ccc87)n(C)c6)n(C)c5)n4)c(OC)cc3C(=O)N2C1. The van der Waals surface area contributed by atoms with Gasteiger partial charge in [-0.3, -0.25) is 52.8 Å². The number of aliphatic hydroxyl groups is 2. The normalized spacial score (nSPS) is 15.5. The van der Waals surface area contributed by atoms with Crippen molar-refractivity contribution in [1.82, 2.24) is 49.0 Å². The Morgan fingerprint density at radius 2 is 1.43 bits per heavy atom. The molecule has 5 atom stereocenters. The average Bonchev–Trinajstić information content (AvgIpc) is 1.59. The number of thioether (sulfide) groups is 1. The van der Waals surface area contributed by atoms with E-state index < -0.39 is 89.8 Å². The molecule has 3 aromatic carbocycles. The van der Waals surface area contributed by atoms with E-state index >= 15 is 0 Å². The number of fused-ring (bicyclic) bond motifs is 3. The third kappa shape index (κ3) is 19.3. The molecule has 9 N–H and O–H groups in total. The van der Waals surface area contributed by atoms with Crippen LogP contribution in [-0.4, -0.2) is 199 Å². The second kappa shape index (κ2) is 35.7. The zero-order valence-corrected chi connectivity index (χ0v) is 61.7. The minimum atomic E-state index is -1.62. The summed E-state index contributed by atoms with van der Waals surface area (Å²) >= 11 is 1.63. The van der Waals surface area contributed by atoms with E-state index in [4.69, 9.17) is 23.7 Å². The van der Waals surface area contributed by atoms with Gasteiger partial charge in [0, 0.05) is 119 Å². The second-order valence-electron chi connectivity index (χ2n) is 26.2. The number of aromatic nitrogens is 5. The lowest BCUT2D eigenvalue weighted by Crippen LogP contribution is -2.53. The molecule has 3 aliphatic heterocycles. The van der Waals surface area contributed by atoms with Gasteiger partial charge in [0.05, 0.1) is 80.0 Å². The molecule has 33 nitrogen and oxygen atoms in total. The zero-order valence-electron chi connectivity index (χ0n) is 60.9. The number of ether oxygens (including phenoxy) is 5. The summed E-state index contributed by atoms with van der Waals surface area (Å²) in [5.41, 5.74) is 3.76. The number of amides is 11. The molecule has 572 valence electrons. The first-order valence-electron chi connectivity index (χ1n) is 34.7. The number of hydrogen-bond donors (Lipinski definition) is 9. The van der Waals surface area contributed by atoms with Gasteiger partial charge in [-0.05, 0) is 92.1 Å². The molecule has 108 heavy (non-hydrogen) atoms. The fourth-order valence-electron chi connectivity index (χ4n) is 12.3. The highest BCUT2D eigenvalue weighted by atomic mass is 32.2. The van der Waals surface area contributed by atoms with Gasteiger partial charge in [-0.2, -0.15) is 0 Å². The molecule has 7 heterocycles. The molecule has 2 unspecified atom stereocenters. The van der Waals surface area contributed by atoms with E-state index in [1.54, 1.807) is 103 Å². The minimum Gasteiger partial charge on any atom is -0.493 e. The number of nitrogens with one attached hydrogen (secondary N) is 7. The number of imidazole rings is 1. The summed E-state index contributed by atoms with van der Waals surface area (Å²) in [5.74, 6) is -5.11. The number of methoxy groups -OCH3 is 1. The number of aryl methyl sites for hydroxylation is 3. The fourth-order valence-corrected chi connectivity index (χ4v) is 12.8. The van der Waals surface area contributed by atoms with Gasteiger partial charge in [0.15, 0.2) is 29.8 Å². The molecule has 7 aromatic rings. The number of hydrogen-bond acceptors (Lipinski definition) is 20. The highest BCUT2D eigenvalue weighted by molar-refractivity contribution is 7.98. The van der Waals surface area contributed by atoms with Gasteiger partial charge in [-0.15, -0.1) is 11.8 Å². The Morgan fingerprint density at radius 3 is 2.15 bits per heavy atom. The Hall–Kier alpha value is -11.6. The van der Waals surface area contributed by atoms with Crippen LogP contribution in [0.3, 0.4) is 0 Å². The van der Waals surface area contributed by atoms with Crippen LogP contribution < -0.4 is 51.6 Å². The van der Waals surface area contributed by atoms with Gasteiger partial charge in [-0.1, -0.05) is 38.1 Å². The van der Waals surface area contributed by atoms with Crippen molar-refractivity contribution in [3.63, 3.8) is 0 Å². The summed E-state index contributed by atoms with van der Waals surface area (Å²) in [7, 11) is 6.36. The number of aliphatic hydroxyl groups excluding tert-OH is 2. The van der Waals surface area contributed by atoms with Crippen LogP contribution in [0.5, 0.6) is 11.5 Å². The lowest BCUT2D eigenvalue weighted by Gasteiger charge is -2.31. The zero-order chi connectivity index (χ0) is 77.6. The van der Waals surface area contributed by atoms with Crippen LogP contribution in [0, 0.1) is 5.92 Å². The van der Waals surface area contributed by atoms with Crippen LogP contribution in [0.1, 0.15) is 102 Å². The maximum atomic E-state index is 14.3. The van der Waals surface area contributed by atoms with Crippen molar-refractivity contribution in [2.24, 2.45) is 27.1 Å². The summed E-state index contributed by atoms with van der Waals surface area (Å²) in [5, 5.41) is 43.4. The molecule has 1 fully saturated rings. The van der Waals surface area contributed by atoms with Crippen LogP contribution >= 0.6 is 11.8 Å². The van der Waals surface area contributed by atoms with Crippen molar-refractivity contribution >= 4 is 116 Å². The second-order valence-corrected chi connectivity index (χ2v) is 27.1. The summed E-state index contributed by atoms with van der Waals surface area (Å²) in [6.45, 7) is 9.40. The molecule has 0 radical (unpaired) electrons. The van der Waals surface area contributed by atoms with Crippen LogP contribution in [0.4, 0.5) is 33.4 Å². The van der Waals surface area contributed by atoms with E-state index in [-0.39, 0.29) is 143 Å². The third-order valence-corrected chi connectivity index (χ3v) is 18.7. The lowest BCUT2D eigenvalue weighted by molar-refractivity contribution is -0.137. The van der Waals surface area contributed by atoms with Crippen molar-refractivity contribution in [2.75, 3.05) is 92.2 Å². The van der Waals surface area contributed by atoms with Crippen molar-refractivity contribution < 1.29 is 86.6 Å². The number of carbonyl (C=O) groups excluding carboxylic acids is 11. The standard InChI is InChI=1S/C74H87N15O18S/c1-42(2)65(82-62(92)22-27-104-29-30-105-28-23-75-60(90)21-25-87-63(93)18-19-64(87)94)69(97)76-44(4)67(95)77-47-14-12-45(13-15-47)41-107-74(102)89-53-36-58(57(103-8)35-51(53)71(99)88-37-43(3)31-56(88)73(89)101)106-26-10-11-61(91)80-59-40-85(7)66(81-59)70(98)79-48-33-54(83(5)38-48)68(96)78-49-34-55(84(6)39-49)72(100)86-24-20-46-32-50(108-9)16-17-52(46)86/h12-20,24,32-36,38-40,42,44,56,65,72-73,100-101H,3,10-11,21-23,25-31,37,41H2,1-2,4-9H3,(H,75,90)(H,76,97)(H,77,95)(H,78,96)(H,79,98)(H,80,91)(H,82,92)/t44-,56-,65-,72?,73?/m0/s1. The molecular weight excluding hydrogens is 1420 g/mol. The topological polar surface area (TPSA) is 401 Å². The molecule has 3 aliphatic rings.